The smallest absolute Gasteiger partial charge is 0.265 e. The molecule has 0 fully saturated rings. The number of carbonyl (C=O) groups is 2. The van der Waals surface area contributed by atoms with Crippen LogP contribution in [0, 0.1) is 0 Å². The molecule has 0 saturated carbocycles. The number of amides is 2. The van der Waals surface area contributed by atoms with Gasteiger partial charge in [-0.05, 0) is 30.3 Å². The van der Waals surface area contributed by atoms with Gasteiger partial charge in [0, 0.05) is 12.1 Å². The molecule has 2 aromatic rings. The van der Waals surface area contributed by atoms with E-state index in [0.717, 1.165) is 11.1 Å². The molecule has 21 heavy (non-hydrogen) atoms. The fourth-order valence-corrected chi connectivity index (χ4v) is 2.67. The first-order chi connectivity index (χ1) is 10.2. The van der Waals surface area contributed by atoms with Crippen LogP contribution in [-0.2, 0) is 17.8 Å². The van der Waals surface area contributed by atoms with Crippen molar-refractivity contribution in [3.63, 3.8) is 0 Å². The number of rotatable bonds is 3. The zero-order valence-corrected chi connectivity index (χ0v) is 11.8. The Morgan fingerprint density at radius 2 is 1.76 bits per heavy atom. The van der Waals surface area contributed by atoms with Crippen LogP contribution < -0.4 is 10.2 Å². The number of nitrogens with zero attached hydrogens (tertiary/aromatic N) is 1. The maximum Gasteiger partial charge on any atom is 0.265 e. The third-order valence-electron chi connectivity index (χ3n) is 3.64. The Kier molecular flexibility index (Phi) is 3.54. The van der Waals surface area contributed by atoms with Crippen molar-refractivity contribution in [2.24, 2.45) is 0 Å². The van der Waals surface area contributed by atoms with E-state index in [0.29, 0.717) is 17.8 Å². The Hall–Kier alpha value is -2.46. The van der Waals surface area contributed by atoms with E-state index >= 15 is 0 Å². The number of carbonyl (C=O) groups excluding carboxylic acids is 2. The van der Waals surface area contributed by atoms with Gasteiger partial charge in [0.2, 0.25) is 5.91 Å². The molecule has 4 heteroatoms. The van der Waals surface area contributed by atoms with Gasteiger partial charge in [0.25, 0.3) is 5.91 Å². The molecule has 0 radical (unpaired) electrons. The fraction of sp³-hybridized carbons (Fsp3) is 0.176. The van der Waals surface area contributed by atoms with Crippen LogP contribution >= 0.6 is 0 Å². The number of hydrogen-bond acceptors (Lipinski definition) is 3. The molecule has 0 aliphatic carbocycles. The van der Waals surface area contributed by atoms with Crippen LogP contribution in [0.25, 0.3) is 0 Å². The van der Waals surface area contributed by atoms with Gasteiger partial charge in [-0.25, -0.2) is 4.90 Å². The Bertz CT molecular complexity index is 709. The molecule has 2 aromatic carbocycles. The molecule has 0 unspecified atom stereocenters. The molecule has 4 nitrogen and oxygen atoms in total. The number of imide groups is 1. The van der Waals surface area contributed by atoms with E-state index in [1.807, 2.05) is 49.5 Å². The van der Waals surface area contributed by atoms with Crippen LogP contribution in [0.2, 0.25) is 0 Å². The maximum atomic E-state index is 12.7. The zero-order valence-electron chi connectivity index (χ0n) is 11.8. The fourth-order valence-electron chi connectivity index (χ4n) is 2.67. The van der Waals surface area contributed by atoms with Crippen molar-refractivity contribution in [2.75, 3.05) is 11.9 Å². The Balaban J connectivity index is 2.08. The summed E-state index contributed by atoms with van der Waals surface area (Å²) in [6.45, 7) is 0.606. The van der Waals surface area contributed by atoms with Gasteiger partial charge in [-0.3, -0.25) is 9.59 Å². The lowest BCUT2D eigenvalue weighted by atomic mass is 9.97. The molecule has 106 valence electrons. The van der Waals surface area contributed by atoms with Crippen LogP contribution in [0.5, 0.6) is 0 Å². The average molecular weight is 280 g/mol. The van der Waals surface area contributed by atoms with Crippen molar-refractivity contribution in [2.45, 2.75) is 13.0 Å². The minimum absolute atomic E-state index is 0.178. The second-order valence-electron chi connectivity index (χ2n) is 5.03. The first kappa shape index (κ1) is 13.5. The molecular formula is C17H16N2O2. The van der Waals surface area contributed by atoms with E-state index in [2.05, 4.69) is 5.32 Å². The standard InChI is InChI=1S/C17H16N2O2/c1-18-11-13-7-3-5-9-15(13)19-16(20)10-12-6-2-4-8-14(12)17(19)21/h2-9,18H,10-11H2,1H3. The van der Waals surface area contributed by atoms with Gasteiger partial charge < -0.3 is 5.32 Å². The molecule has 0 atom stereocenters. The SMILES string of the molecule is CNCc1ccccc1N1C(=O)Cc2ccccc2C1=O. The third-order valence-corrected chi connectivity index (χ3v) is 3.64. The summed E-state index contributed by atoms with van der Waals surface area (Å²) in [6.07, 6.45) is 0.260. The number of nitrogens with one attached hydrogen (secondary N) is 1. The molecule has 0 bridgehead atoms. The van der Waals surface area contributed by atoms with Crippen LogP contribution in [-0.4, -0.2) is 18.9 Å². The minimum atomic E-state index is -0.245. The average Bonchev–Trinajstić information content (AvgIpc) is 2.49. The highest BCUT2D eigenvalue weighted by Gasteiger charge is 2.32. The summed E-state index contributed by atoms with van der Waals surface area (Å²) in [5, 5.41) is 3.06. The number of fused-ring (bicyclic) bond motifs is 1. The molecule has 3 rings (SSSR count). The highest BCUT2D eigenvalue weighted by molar-refractivity contribution is 6.24. The lowest BCUT2D eigenvalue weighted by Crippen LogP contribution is -2.43. The van der Waals surface area contributed by atoms with Gasteiger partial charge >= 0.3 is 0 Å². The van der Waals surface area contributed by atoms with Crippen molar-refractivity contribution in [3.05, 3.63) is 65.2 Å². The van der Waals surface area contributed by atoms with E-state index in [9.17, 15) is 9.59 Å². The van der Waals surface area contributed by atoms with E-state index in [4.69, 9.17) is 0 Å². The van der Waals surface area contributed by atoms with Crippen molar-refractivity contribution >= 4 is 17.5 Å². The molecular weight excluding hydrogens is 264 g/mol. The summed E-state index contributed by atoms with van der Waals surface area (Å²) in [4.78, 5) is 26.4. The maximum absolute atomic E-state index is 12.7. The van der Waals surface area contributed by atoms with Gasteiger partial charge in [-0.2, -0.15) is 0 Å². The van der Waals surface area contributed by atoms with E-state index in [1.54, 1.807) is 6.07 Å². The van der Waals surface area contributed by atoms with E-state index in [1.165, 1.54) is 4.90 Å². The highest BCUT2D eigenvalue weighted by atomic mass is 16.2. The number of benzene rings is 2. The molecule has 1 aliphatic rings. The van der Waals surface area contributed by atoms with Gasteiger partial charge in [-0.15, -0.1) is 0 Å². The molecule has 1 aliphatic heterocycles. The topological polar surface area (TPSA) is 49.4 Å². The quantitative estimate of drug-likeness (QED) is 0.876. The second kappa shape index (κ2) is 5.50. The molecule has 0 spiro atoms. The van der Waals surface area contributed by atoms with Crippen LogP contribution in [0.3, 0.4) is 0 Å². The van der Waals surface area contributed by atoms with E-state index < -0.39 is 0 Å². The molecule has 1 N–H and O–H groups in total. The second-order valence-corrected chi connectivity index (χ2v) is 5.03. The predicted molar refractivity (Wildman–Crippen MR) is 81.2 cm³/mol. The summed E-state index contributed by atoms with van der Waals surface area (Å²) in [7, 11) is 1.84. The number of para-hydroxylation sites is 1. The van der Waals surface area contributed by atoms with Crippen LogP contribution in [0.4, 0.5) is 5.69 Å². The normalized spacial score (nSPS) is 14.2. The highest BCUT2D eigenvalue weighted by Crippen LogP contribution is 2.28. The largest absolute Gasteiger partial charge is 0.316 e. The first-order valence-electron chi connectivity index (χ1n) is 6.90. The van der Waals surface area contributed by atoms with Crippen molar-refractivity contribution < 1.29 is 9.59 Å². The molecule has 0 saturated heterocycles. The predicted octanol–water partition coefficient (Wildman–Crippen LogP) is 2.14. The van der Waals surface area contributed by atoms with Gasteiger partial charge in [0.1, 0.15) is 0 Å². The number of hydrogen-bond donors (Lipinski definition) is 1. The lowest BCUT2D eigenvalue weighted by molar-refractivity contribution is -0.117. The summed E-state index contributed by atoms with van der Waals surface area (Å²) in [6, 6.07) is 14.8. The van der Waals surface area contributed by atoms with Crippen molar-refractivity contribution in [3.8, 4) is 0 Å². The van der Waals surface area contributed by atoms with Crippen molar-refractivity contribution in [1.82, 2.24) is 5.32 Å². The molecule has 1 heterocycles. The first-order valence-corrected chi connectivity index (χ1v) is 6.90. The van der Waals surface area contributed by atoms with Gasteiger partial charge in [-0.1, -0.05) is 36.4 Å². The Labute approximate surface area is 123 Å². The van der Waals surface area contributed by atoms with Crippen LogP contribution in [0.15, 0.2) is 48.5 Å². The lowest BCUT2D eigenvalue weighted by Gasteiger charge is -2.28. The summed E-state index contributed by atoms with van der Waals surface area (Å²) < 4.78 is 0. The minimum Gasteiger partial charge on any atom is -0.316 e. The Morgan fingerprint density at radius 3 is 2.57 bits per heavy atom. The Morgan fingerprint density at radius 1 is 1.05 bits per heavy atom. The number of anilines is 1. The summed E-state index contributed by atoms with van der Waals surface area (Å²) >= 11 is 0. The third kappa shape index (κ3) is 2.34. The zero-order chi connectivity index (χ0) is 14.8. The molecule has 2 amide bonds. The summed E-state index contributed by atoms with van der Waals surface area (Å²) in [5.74, 6) is -0.423. The summed E-state index contributed by atoms with van der Waals surface area (Å²) in [5.41, 5.74) is 3.00. The van der Waals surface area contributed by atoms with E-state index in [-0.39, 0.29) is 18.2 Å². The van der Waals surface area contributed by atoms with Crippen molar-refractivity contribution in [1.29, 1.82) is 0 Å². The molecule has 0 aromatic heterocycles. The monoisotopic (exact) mass is 280 g/mol. The van der Waals surface area contributed by atoms with Gasteiger partial charge in [0.05, 0.1) is 12.1 Å². The van der Waals surface area contributed by atoms with Gasteiger partial charge in [0.15, 0.2) is 0 Å². The van der Waals surface area contributed by atoms with Crippen LogP contribution in [0.1, 0.15) is 21.5 Å².